The van der Waals surface area contributed by atoms with E-state index in [0.717, 1.165) is 5.56 Å². The van der Waals surface area contributed by atoms with Gasteiger partial charge >= 0.3 is 0 Å². The Labute approximate surface area is 140 Å². The van der Waals surface area contributed by atoms with E-state index in [4.69, 9.17) is 4.74 Å². The third-order valence-electron chi connectivity index (χ3n) is 3.65. The maximum Gasteiger partial charge on any atom is 0.261 e. The average Bonchev–Trinajstić information content (AvgIpc) is 2.60. The van der Waals surface area contributed by atoms with Gasteiger partial charge in [-0.15, -0.1) is 0 Å². The number of rotatable bonds is 5. The van der Waals surface area contributed by atoms with E-state index in [2.05, 4.69) is 5.32 Å². The van der Waals surface area contributed by atoms with E-state index in [1.165, 1.54) is 37.3 Å². The molecule has 0 aliphatic carbocycles. The first-order chi connectivity index (χ1) is 11.5. The molecule has 0 aliphatic rings. The van der Waals surface area contributed by atoms with Gasteiger partial charge in [-0.2, -0.15) is 0 Å². The molecule has 0 radical (unpaired) electrons. The smallest absolute Gasteiger partial charge is 0.261 e. The lowest BCUT2D eigenvalue weighted by molar-refractivity contribution is -0.119. The van der Waals surface area contributed by atoms with Crippen LogP contribution in [0.15, 0.2) is 42.5 Å². The summed E-state index contributed by atoms with van der Waals surface area (Å²) in [5.74, 6) is -1.73. The number of carbonyl (C=O) groups excluding carboxylic acids is 2. The Morgan fingerprint density at radius 1 is 1.17 bits per heavy atom. The lowest BCUT2D eigenvalue weighted by Gasteiger charge is -2.24. The Hall–Kier alpha value is -2.89. The van der Waals surface area contributed by atoms with Crippen LogP contribution in [-0.4, -0.2) is 32.5 Å². The number of hydrogen-bond donors (Lipinski definition) is 1. The van der Waals surface area contributed by atoms with E-state index < -0.39 is 11.7 Å². The summed E-state index contributed by atoms with van der Waals surface area (Å²) in [6.07, 6.45) is 0. The molecular weight excluding hydrogens is 311 g/mol. The molecule has 2 rings (SSSR count). The number of nitrogens with one attached hydrogen (secondary N) is 1. The highest BCUT2D eigenvalue weighted by Gasteiger charge is 2.25. The minimum absolute atomic E-state index is 0.0227. The molecule has 6 heteroatoms. The van der Waals surface area contributed by atoms with Crippen LogP contribution in [-0.2, 0) is 4.79 Å². The van der Waals surface area contributed by atoms with Gasteiger partial charge < -0.3 is 10.1 Å². The van der Waals surface area contributed by atoms with Gasteiger partial charge in [-0.05, 0) is 30.7 Å². The highest BCUT2D eigenvalue weighted by atomic mass is 19.1. The quantitative estimate of drug-likeness (QED) is 0.916. The number of anilines is 1. The summed E-state index contributed by atoms with van der Waals surface area (Å²) in [5.41, 5.74) is 1.20. The molecule has 0 saturated carbocycles. The number of nitrogens with zero attached hydrogens (tertiary/aromatic N) is 1. The molecule has 0 aromatic heterocycles. The molecule has 0 heterocycles. The summed E-state index contributed by atoms with van der Waals surface area (Å²) in [5, 5.41) is 2.48. The van der Waals surface area contributed by atoms with Crippen molar-refractivity contribution in [3.8, 4) is 5.75 Å². The number of amides is 2. The topological polar surface area (TPSA) is 58.6 Å². The van der Waals surface area contributed by atoms with Crippen molar-refractivity contribution in [1.29, 1.82) is 0 Å². The summed E-state index contributed by atoms with van der Waals surface area (Å²) in [4.78, 5) is 26.0. The van der Waals surface area contributed by atoms with Gasteiger partial charge in [0.05, 0.1) is 12.7 Å². The zero-order valence-electron chi connectivity index (χ0n) is 13.8. The molecule has 0 atom stereocenters. The number of methoxy groups -OCH3 is 1. The Bertz CT molecular complexity index is 762. The van der Waals surface area contributed by atoms with Crippen molar-refractivity contribution in [3.63, 3.8) is 0 Å². The monoisotopic (exact) mass is 330 g/mol. The lowest BCUT2D eigenvalue weighted by atomic mass is 10.1. The van der Waals surface area contributed by atoms with Crippen LogP contribution < -0.4 is 15.0 Å². The molecular formula is C18H19FN2O3. The third kappa shape index (κ3) is 3.53. The summed E-state index contributed by atoms with van der Waals surface area (Å²) in [6.45, 7) is 1.61. The van der Waals surface area contributed by atoms with E-state index in [9.17, 15) is 14.0 Å². The lowest BCUT2D eigenvalue weighted by Crippen LogP contribution is -2.40. The fourth-order valence-electron chi connectivity index (χ4n) is 2.33. The van der Waals surface area contributed by atoms with Gasteiger partial charge in [-0.3, -0.25) is 14.5 Å². The Morgan fingerprint density at radius 3 is 2.50 bits per heavy atom. The molecule has 2 aromatic carbocycles. The molecule has 0 saturated heterocycles. The first kappa shape index (κ1) is 17.5. The zero-order valence-corrected chi connectivity index (χ0v) is 13.8. The molecule has 2 amide bonds. The van der Waals surface area contributed by atoms with Gasteiger partial charge in [0.1, 0.15) is 6.54 Å². The van der Waals surface area contributed by atoms with Crippen LogP contribution in [0, 0.1) is 12.7 Å². The maximum absolute atomic E-state index is 14.4. The summed E-state index contributed by atoms with van der Waals surface area (Å²) < 4.78 is 19.4. The number of aryl methyl sites for hydroxylation is 1. The average molecular weight is 330 g/mol. The van der Waals surface area contributed by atoms with Crippen LogP contribution >= 0.6 is 0 Å². The fourth-order valence-corrected chi connectivity index (χ4v) is 2.33. The first-order valence-corrected chi connectivity index (χ1v) is 7.40. The second-order valence-electron chi connectivity index (χ2n) is 5.17. The van der Waals surface area contributed by atoms with Gasteiger partial charge in [0.25, 0.3) is 5.91 Å². The number of benzene rings is 2. The molecule has 1 N–H and O–H groups in total. The van der Waals surface area contributed by atoms with Crippen molar-refractivity contribution in [1.82, 2.24) is 5.32 Å². The molecule has 0 spiro atoms. The second-order valence-corrected chi connectivity index (χ2v) is 5.17. The number of ether oxygens (including phenoxy) is 1. The van der Waals surface area contributed by atoms with E-state index >= 15 is 0 Å². The zero-order chi connectivity index (χ0) is 17.7. The number of halogens is 1. The number of likely N-dealkylation sites (N-methyl/N-ethyl adjacent to an activating group) is 1. The molecule has 0 bridgehead atoms. The standard InChI is InChI=1S/C18H19FN2O3/c1-12-7-4-5-9-14(12)21(11-16(22)20-2)18(23)13-8-6-10-15(24-3)17(13)19/h4-10H,11H2,1-3H3,(H,20,22). The largest absolute Gasteiger partial charge is 0.494 e. The highest BCUT2D eigenvalue weighted by Crippen LogP contribution is 2.25. The van der Waals surface area contributed by atoms with Gasteiger partial charge in [0, 0.05) is 12.7 Å². The molecule has 0 unspecified atom stereocenters. The van der Waals surface area contributed by atoms with Crippen molar-refractivity contribution < 1.29 is 18.7 Å². The summed E-state index contributed by atoms with van der Waals surface area (Å²) in [6, 6.07) is 11.5. The van der Waals surface area contributed by atoms with Crippen molar-refractivity contribution in [2.75, 3.05) is 25.6 Å². The van der Waals surface area contributed by atoms with E-state index in [0.29, 0.717) is 5.69 Å². The van der Waals surface area contributed by atoms with Gasteiger partial charge in [-0.1, -0.05) is 24.3 Å². The van der Waals surface area contributed by atoms with Gasteiger partial charge in [-0.25, -0.2) is 4.39 Å². The molecule has 5 nitrogen and oxygen atoms in total. The summed E-state index contributed by atoms with van der Waals surface area (Å²) in [7, 11) is 2.81. The second kappa shape index (κ2) is 7.59. The number of para-hydroxylation sites is 1. The maximum atomic E-state index is 14.4. The number of carbonyl (C=O) groups is 2. The van der Waals surface area contributed by atoms with E-state index in [-0.39, 0.29) is 23.8 Å². The minimum Gasteiger partial charge on any atom is -0.494 e. The van der Waals surface area contributed by atoms with Crippen LogP contribution in [0.4, 0.5) is 10.1 Å². The van der Waals surface area contributed by atoms with Crippen LogP contribution in [0.5, 0.6) is 5.75 Å². The van der Waals surface area contributed by atoms with Crippen molar-refractivity contribution in [2.45, 2.75) is 6.92 Å². The molecule has 0 fully saturated rings. The number of hydrogen-bond acceptors (Lipinski definition) is 3. The fraction of sp³-hybridized carbons (Fsp3) is 0.222. The van der Waals surface area contributed by atoms with Gasteiger partial charge in [0.2, 0.25) is 5.91 Å². The third-order valence-corrected chi connectivity index (χ3v) is 3.65. The Balaban J connectivity index is 2.49. The molecule has 24 heavy (non-hydrogen) atoms. The van der Waals surface area contributed by atoms with E-state index in [1.807, 2.05) is 19.1 Å². The van der Waals surface area contributed by atoms with Crippen LogP contribution in [0.25, 0.3) is 0 Å². The van der Waals surface area contributed by atoms with Crippen molar-refractivity contribution in [3.05, 3.63) is 59.4 Å². The molecule has 0 aliphatic heterocycles. The Kier molecular flexibility index (Phi) is 5.52. The van der Waals surface area contributed by atoms with Crippen molar-refractivity contribution >= 4 is 17.5 Å². The molecule has 2 aromatic rings. The highest BCUT2D eigenvalue weighted by molar-refractivity contribution is 6.09. The normalized spacial score (nSPS) is 10.2. The minimum atomic E-state index is -0.750. The molecule has 126 valence electrons. The van der Waals surface area contributed by atoms with E-state index in [1.54, 1.807) is 12.1 Å². The Morgan fingerprint density at radius 2 is 1.88 bits per heavy atom. The first-order valence-electron chi connectivity index (χ1n) is 7.40. The SMILES string of the molecule is CNC(=O)CN(C(=O)c1cccc(OC)c1F)c1ccccc1C. The van der Waals surface area contributed by atoms with Crippen LogP contribution in [0.2, 0.25) is 0 Å². The van der Waals surface area contributed by atoms with Crippen LogP contribution in [0.3, 0.4) is 0 Å². The predicted molar refractivity (Wildman–Crippen MR) is 89.9 cm³/mol. The van der Waals surface area contributed by atoms with Crippen LogP contribution in [0.1, 0.15) is 15.9 Å². The van der Waals surface area contributed by atoms with Crippen molar-refractivity contribution in [2.24, 2.45) is 0 Å². The predicted octanol–water partition coefficient (Wildman–Crippen LogP) is 2.54. The summed E-state index contributed by atoms with van der Waals surface area (Å²) >= 11 is 0. The van der Waals surface area contributed by atoms with Gasteiger partial charge in [0.15, 0.2) is 11.6 Å².